The average molecular weight is 825 g/mol. The Morgan fingerprint density at radius 1 is 0.300 bits per heavy atom. The monoisotopic (exact) mass is 825 g/mol. The summed E-state index contributed by atoms with van der Waals surface area (Å²) >= 11 is 0. The molecule has 0 N–H and O–H groups in total. The van der Waals surface area contributed by atoms with Gasteiger partial charge in [-0.3, -0.25) is 0 Å². The highest BCUT2D eigenvalue weighted by molar-refractivity contribution is 6.26. The van der Waals surface area contributed by atoms with Crippen molar-refractivity contribution in [1.82, 2.24) is 0 Å². The predicted molar refractivity (Wildman–Crippen MR) is 257 cm³/mol. The van der Waals surface area contributed by atoms with Crippen LogP contribution in [-0.4, -0.2) is 39.6 Å². The molecule has 0 radical (unpaired) electrons. The van der Waals surface area contributed by atoms with Gasteiger partial charge in [0.15, 0.2) is 34.5 Å². The van der Waals surface area contributed by atoms with Gasteiger partial charge in [0.25, 0.3) is 0 Å². The van der Waals surface area contributed by atoms with E-state index in [1.54, 1.807) is 0 Å². The number of hydrogen-bond acceptors (Lipinski definition) is 6. The molecule has 0 atom stereocenters. The van der Waals surface area contributed by atoms with Gasteiger partial charge in [-0.05, 0) is 133 Å². The fraction of sp³-hybridized carbons (Fsp3) is 0.593. The third-order valence-electron chi connectivity index (χ3n) is 11.3. The topological polar surface area (TPSA) is 55.4 Å². The summed E-state index contributed by atoms with van der Waals surface area (Å²) in [5.41, 5.74) is 0. The Balaban J connectivity index is 1.92. The number of benzene rings is 4. The third-order valence-corrected chi connectivity index (χ3v) is 11.3. The van der Waals surface area contributed by atoms with Gasteiger partial charge in [-0.25, -0.2) is 0 Å². The van der Waals surface area contributed by atoms with E-state index in [1.165, 1.54) is 25.7 Å². The van der Waals surface area contributed by atoms with Crippen molar-refractivity contribution in [2.75, 3.05) is 39.6 Å². The van der Waals surface area contributed by atoms with Gasteiger partial charge in [0, 0.05) is 0 Å². The lowest BCUT2D eigenvalue weighted by molar-refractivity contribution is 0.259. The van der Waals surface area contributed by atoms with Crippen LogP contribution in [0.4, 0.5) is 0 Å². The lowest BCUT2D eigenvalue weighted by Gasteiger charge is -2.21. The molecule has 4 aromatic carbocycles. The first-order chi connectivity index (χ1) is 29.6. The zero-order valence-corrected chi connectivity index (χ0v) is 38.3. The molecular formula is C54H80O6. The van der Waals surface area contributed by atoms with Crippen molar-refractivity contribution in [3.8, 4) is 34.5 Å². The summed E-state index contributed by atoms with van der Waals surface area (Å²) in [7, 11) is 0. The first-order valence-electron chi connectivity index (χ1n) is 24.1. The molecule has 0 unspecified atom stereocenters. The molecular weight excluding hydrogens is 745 g/mol. The van der Waals surface area contributed by atoms with E-state index in [2.05, 4.69) is 77.3 Å². The molecule has 0 saturated carbocycles. The summed E-state index contributed by atoms with van der Waals surface area (Å²) in [6, 6.07) is 13.3. The highest BCUT2D eigenvalue weighted by Crippen LogP contribution is 2.47. The minimum atomic E-state index is 0.642. The van der Waals surface area contributed by atoms with Gasteiger partial charge >= 0.3 is 0 Å². The molecule has 4 rings (SSSR count). The second-order valence-corrected chi connectivity index (χ2v) is 16.4. The van der Waals surface area contributed by atoms with Gasteiger partial charge in [-0.1, -0.05) is 117 Å². The van der Waals surface area contributed by atoms with Gasteiger partial charge in [-0.2, -0.15) is 0 Å². The van der Waals surface area contributed by atoms with Crippen LogP contribution in [0.1, 0.15) is 169 Å². The molecule has 0 aliphatic heterocycles. The van der Waals surface area contributed by atoms with E-state index in [4.69, 9.17) is 28.4 Å². The van der Waals surface area contributed by atoms with Crippen molar-refractivity contribution in [3.05, 3.63) is 61.7 Å². The molecule has 4 aromatic rings. The molecule has 60 heavy (non-hydrogen) atoms. The Labute approximate surface area is 364 Å². The van der Waals surface area contributed by atoms with Crippen molar-refractivity contribution in [1.29, 1.82) is 0 Å². The molecule has 0 aromatic heterocycles. The van der Waals surface area contributed by atoms with E-state index in [1.807, 2.05) is 12.2 Å². The second kappa shape index (κ2) is 29.2. The molecule has 0 spiro atoms. The van der Waals surface area contributed by atoms with Crippen LogP contribution in [0.15, 0.2) is 61.7 Å². The van der Waals surface area contributed by atoms with Gasteiger partial charge in [-0.15, -0.1) is 13.2 Å². The first-order valence-corrected chi connectivity index (χ1v) is 24.1. The van der Waals surface area contributed by atoms with Crippen LogP contribution >= 0.6 is 0 Å². The number of fused-ring (bicyclic) bond motifs is 6. The van der Waals surface area contributed by atoms with Crippen molar-refractivity contribution < 1.29 is 28.4 Å². The molecule has 6 nitrogen and oxygen atoms in total. The summed E-state index contributed by atoms with van der Waals surface area (Å²) in [5, 5.41) is 6.59. The second-order valence-electron chi connectivity index (χ2n) is 16.4. The molecule has 0 fully saturated rings. The van der Waals surface area contributed by atoms with Crippen LogP contribution in [0.3, 0.4) is 0 Å². The Bertz CT molecular complexity index is 1680. The summed E-state index contributed by atoms with van der Waals surface area (Å²) in [5.74, 6) is 4.75. The Morgan fingerprint density at radius 2 is 0.500 bits per heavy atom. The zero-order chi connectivity index (χ0) is 42.6. The molecule has 0 heterocycles. The molecule has 0 bridgehead atoms. The number of allylic oxidation sites excluding steroid dienone is 2. The van der Waals surface area contributed by atoms with Crippen LogP contribution in [0.25, 0.3) is 32.3 Å². The summed E-state index contributed by atoms with van der Waals surface area (Å²) in [6.07, 6.45) is 28.2. The summed E-state index contributed by atoms with van der Waals surface area (Å²) in [4.78, 5) is 0. The fourth-order valence-electron chi connectivity index (χ4n) is 7.68. The summed E-state index contributed by atoms with van der Waals surface area (Å²) < 4.78 is 39.7. The van der Waals surface area contributed by atoms with E-state index in [-0.39, 0.29) is 0 Å². The smallest absolute Gasteiger partial charge is 0.161 e. The quantitative estimate of drug-likeness (QED) is 0.0259. The lowest BCUT2D eigenvalue weighted by Crippen LogP contribution is -2.05. The van der Waals surface area contributed by atoms with E-state index in [9.17, 15) is 0 Å². The van der Waals surface area contributed by atoms with Crippen LogP contribution in [0.2, 0.25) is 0 Å². The molecule has 0 aliphatic carbocycles. The standard InChI is InChI=1S/C54H80O6/c1-7-13-19-21-23-29-35-59-53-41-47-43-37-49(55-31-25-15-9-3)50(56-32-26-16-10-4)38-44(43)48-42-54(60-36-30-24-22-20-14-8-2)52(58-34-28-18-12-6)40-46(48)45(47)39-51(53)57-33-27-17-11-5/h7-8,37-42H,1-2,9-36H2,3-6H3. The zero-order valence-electron chi connectivity index (χ0n) is 38.3. The van der Waals surface area contributed by atoms with E-state index in [0.717, 1.165) is 182 Å². The van der Waals surface area contributed by atoms with E-state index in [0.29, 0.717) is 39.6 Å². The van der Waals surface area contributed by atoms with Gasteiger partial charge in [0.2, 0.25) is 0 Å². The lowest BCUT2D eigenvalue weighted by atomic mass is 9.93. The maximum Gasteiger partial charge on any atom is 0.161 e. The van der Waals surface area contributed by atoms with Crippen LogP contribution < -0.4 is 28.4 Å². The Hall–Kier alpha value is -4.06. The molecule has 332 valence electrons. The van der Waals surface area contributed by atoms with Crippen LogP contribution in [0.5, 0.6) is 34.5 Å². The minimum absolute atomic E-state index is 0.642. The maximum absolute atomic E-state index is 6.65. The first kappa shape index (κ1) is 48.6. The highest BCUT2D eigenvalue weighted by Gasteiger charge is 2.20. The Kier molecular flexibility index (Phi) is 23.7. The molecule has 0 aliphatic rings. The van der Waals surface area contributed by atoms with Gasteiger partial charge in [0.05, 0.1) is 39.6 Å². The number of ether oxygens (including phenoxy) is 6. The SMILES string of the molecule is C=CCCCCCCOc1cc2c3cc(OCCCCC)c(OCCCCC)cc3c3cc(OCCCCCCC=C)c(OCCCCC)cc3c2cc1OCCCCC. The maximum atomic E-state index is 6.65. The number of unbranched alkanes of at least 4 members (excludes halogenated alkanes) is 16. The number of rotatable bonds is 36. The highest BCUT2D eigenvalue weighted by atomic mass is 16.5. The van der Waals surface area contributed by atoms with Crippen molar-refractivity contribution >= 4 is 32.3 Å². The van der Waals surface area contributed by atoms with Gasteiger partial charge in [0.1, 0.15) is 0 Å². The van der Waals surface area contributed by atoms with Crippen molar-refractivity contribution in [3.63, 3.8) is 0 Å². The van der Waals surface area contributed by atoms with Gasteiger partial charge < -0.3 is 28.4 Å². The fourth-order valence-corrected chi connectivity index (χ4v) is 7.68. The predicted octanol–water partition coefficient (Wildman–Crippen LogP) is 16.5. The number of hydrogen-bond donors (Lipinski definition) is 0. The summed E-state index contributed by atoms with van der Waals surface area (Å²) in [6.45, 7) is 20.5. The van der Waals surface area contributed by atoms with E-state index >= 15 is 0 Å². The minimum Gasteiger partial charge on any atom is -0.490 e. The normalized spacial score (nSPS) is 11.3. The average Bonchev–Trinajstić information content (AvgIpc) is 3.26. The Morgan fingerprint density at radius 3 is 0.700 bits per heavy atom. The molecule has 0 amide bonds. The van der Waals surface area contributed by atoms with E-state index < -0.39 is 0 Å². The van der Waals surface area contributed by atoms with Crippen molar-refractivity contribution in [2.45, 2.75) is 169 Å². The van der Waals surface area contributed by atoms with Crippen LogP contribution in [0, 0.1) is 0 Å². The molecule has 0 saturated heterocycles. The van der Waals surface area contributed by atoms with Crippen molar-refractivity contribution in [2.24, 2.45) is 0 Å². The largest absolute Gasteiger partial charge is 0.490 e. The third kappa shape index (κ3) is 15.8. The van der Waals surface area contributed by atoms with Crippen LogP contribution in [-0.2, 0) is 0 Å². The molecule has 6 heteroatoms.